The number of hydrogen-bond acceptors (Lipinski definition) is 2. The molecule has 0 fully saturated rings. The molecule has 0 aromatic heterocycles. The molecule has 0 unspecified atom stereocenters. The Morgan fingerprint density at radius 2 is 2.05 bits per heavy atom. The molecule has 0 atom stereocenters. The average Bonchev–Trinajstić information content (AvgIpc) is 2.43. The Morgan fingerprint density at radius 1 is 1.30 bits per heavy atom. The Kier molecular flexibility index (Phi) is 4.58. The summed E-state index contributed by atoms with van der Waals surface area (Å²) in [4.78, 5) is 0. The van der Waals surface area contributed by atoms with Gasteiger partial charge in [-0.2, -0.15) is 5.26 Å². The molecule has 0 heterocycles. The van der Waals surface area contributed by atoms with Gasteiger partial charge in [-0.15, -0.1) is 0 Å². The molecule has 20 heavy (non-hydrogen) atoms. The zero-order chi connectivity index (χ0) is 14.7. The van der Waals surface area contributed by atoms with E-state index in [1.807, 2.05) is 0 Å². The summed E-state index contributed by atoms with van der Waals surface area (Å²) in [6.07, 6.45) is 0. The summed E-state index contributed by atoms with van der Waals surface area (Å²) in [7, 11) is 0. The predicted octanol–water partition coefficient (Wildman–Crippen LogP) is 4.83. The molecule has 2 aromatic rings. The average molecular weight is 359 g/mol. The number of nitriles is 1. The van der Waals surface area contributed by atoms with Crippen molar-refractivity contribution in [2.75, 3.05) is 0 Å². The van der Waals surface area contributed by atoms with Crippen molar-refractivity contribution in [2.24, 2.45) is 0 Å². The summed E-state index contributed by atoms with van der Waals surface area (Å²) >= 11 is 8.79. The minimum atomic E-state index is -0.638. The third-order valence-electron chi connectivity index (χ3n) is 2.56. The van der Waals surface area contributed by atoms with Gasteiger partial charge in [-0.3, -0.25) is 0 Å². The van der Waals surface area contributed by atoms with E-state index in [0.29, 0.717) is 4.47 Å². The second kappa shape index (κ2) is 6.21. The number of ether oxygens (including phenoxy) is 1. The molecule has 0 spiro atoms. The lowest BCUT2D eigenvalue weighted by Gasteiger charge is -2.10. The van der Waals surface area contributed by atoms with Gasteiger partial charge in [0.25, 0.3) is 0 Å². The van der Waals surface area contributed by atoms with E-state index >= 15 is 0 Å². The highest BCUT2D eigenvalue weighted by molar-refractivity contribution is 9.10. The van der Waals surface area contributed by atoms with Crippen LogP contribution in [0.25, 0.3) is 0 Å². The van der Waals surface area contributed by atoms with Crippen molar-refractivity contribution in [2.45, 2.75) is 6.61 Å². The van der Waals surface area contributed by atoms with Gasteiger partial charge in [-0.05, 0) is 28.1 Å². The topological polar surface area (TPSA) is 33.0 Å². The largest absolute Gasteiger partial charge is 0.488 e. The fourth-order valence-electron chi connectivity index (χ4n) is 1.55. The first-order valence-corrected chi connectivity index (χ1v) is 6.65. The van der Waals surface area contributed by atoms with Crippen molar-refractivity contribution in [1.82, 2.24) is 0 Å². The van der Waals surface area contributed by atoms with Crippen LogP contribution in [0.5, 0.6) is 5.75 Å². The SMILES string of the molecule is N#Cc1cccc(COc2cc(F)c(Cl)cc2Br)c1F. The summed E-state index contributed by atoms with van der Waals surface area (Å²) in [5, 5.41) is 8.70. The lowest BCUT2D eigenvalue weighted by atomic mass is 10.1. The van der Waals surface area contributed by atoms with E-state index < -0.39 is 11.6 Å². The van der Waals surface area contributed by atoms with Crippen molar-refractivity contribution in [3.8, 4) is 11.8 Å². The van der Waals surface area contributed by atoms with E-state index in [2.05, 4.69) is 15.9 Å². The van der Waals surface area contributed by atoms with E-state index in [1.165, 1.54) is 18.2 Å². The van der Waals surface area contributed by atoms with Gasteiger partial charge in [0.05, 0.1) is 15.1 Å². The molecule has 0 amide bonds. The molecule has 0 radical (unpaired) electrons. The summed E-state index contributed by atoms with van der Waals surface area (Å²) in [6.45, 7) is -0.124. The van der Waals surface area contributed by atoms with E-state index in [-0.39, 0.29) is 28.5 Å². The van der Waals surface area contributed by atoms with Crippen LogP contribution < -0.4 is 4.74 Å². The van der Waals surface area contributed by atoms with Crippen LogP contribution in [-0.2, 0) is 6.61 Å². The second-order valence-electron chi connectivity index (χ2n) is 3.88. The van der Waals surface area contributed by atoms with Crippen molar-refractivity contribution in [3.63, 3.8) is 0 Å². The Labute approximate surface area is 127 Å². The van der Waals surface area contributed by atoms with Gasteiger partial charge in [0.15, 0.2) is 0 Å². The Morgan fingerprint density at radius 3 is 2.75 bits per heavy atom. The van der Waals surface area contributed by atoms with Crippen LogP contribution >= 0.6 is 27.5 Å². The van der Waals surface area contributed by atoms with Crippen LogP contribution in [0.3, 0.4) is 0 Å². The number of hydrogen-bond donors (Lipinski definition) is 0. The van der Waals surface area contributed by atoms with E-state index in [1.54, 1.807) is 12.1 Å². The maximum absolute atomic E-state index is 13.8. The van der Waals surface area contributed by atoms with E-state index in [4.69, 9.17) is 21.6 Å². The van der Waals surface area contributed by atoms with Crippen molar-refractivity contribution >= 4 is 27.5 Å². The smallest absolute Gasteiger partial charge is 0.147 e. The summed E-state index contributed by atoms with van der Waals surface area (Å²) in [5.41, 5.74) is 0.152. The number of halogens is 4. The fraction of sp³-hybridized carbons (Fsp3) is 0.0714. The predicted molar refractivity (Wildman–Crippen MR) is 74.6 cm³/mol. The summed E-state index contributed by atoms with van der Waals surface area (Å²) in [5.74, 6) is -1.06. The van der Waals surface area contributed by atoms with Crippen LogP contribution in [0.2, 0.25) is 5.02 Å². The van der Waals surface area contributed by atoms with Gasteiger partial charge in [-0.25, -0.2) is 8.78 Å². The third kappa shape index (κ3) is 3.09. The summed E-state index contributed by atoms with van der Waals surface area (Å²) in [6, 6.07) is 8.63. The lowest BCUT2D eigenvalue weighted by molar-refractivity contribution is 0.296. The monoisotopic (exact) mass is 357 g/mol. The molecule has 2 aromatic carbocycles. The van der Waals surface area contributed by atoms with E-state index in [9.17, 15) is 8.78 Å². The fourth-order valence-corrected chi connectivity index (χ4v) is 2.30. The first-order chi connectivity index (χ1) is 9.52. The Balaban J connectivity index is 2.22. The molecule has 2 rings (SSSR count). The zero-order valence-electron chi connectivity index (χ0n) is 9.96. The highest BCUT2D eigenvalue weighted by Crippen LogP contribution is 2.31. The van der Waals surface area contributed by atoms with Crippen molar-refractivity contribution < 1.29 is 13.5 Å². The molecule has 102 valence electrons. The first-order valence-electron chi connectivity index (χ1n) is 5.47. The molecular weight excluding hydrogens is 352 g/mol. The molecule has 0 bridgehead atoms. The van der Waals surface area contributed by atoms with Gasteiger partial charge >= 0.3 is 0 Å². The normalized spacial score (nSPS) is 10.2. The Bertz CT molecular complexity index is 700. The number of nitrogens with zero attached hydrogens (tertiary/aromatic N) is 1. The van der Waals surface area contributed by atoms with E-state index in [0.717, 1.165) is 6.07 Å². The van der Waals surface area contributed by atoms with Crippen LogP contribution in [-0.4, -0.2) is 0 Å². The molecular formula is C14H7BrClF2NO. The van der Waals surface area contributed by atoms with Gasteiger partial charge < -0.3 is 4.74 Å². The van der Waals surface area contributed by atoms with Crippen molar-refractivity contribution in [1.29, 1.82) is 5.26 Å². The molecule has 0 aliphatic carbocycles. The molecule has 0 aliphatic heterocycles. The minimum Gasteiger partial charge on any atom is -0.488 e. The van der Waals surface area contributed by atoms with Crippen LogP contribution in [0.1, 0.15) is 11.1 Å². The summed E-state index contributed by atoms with van der Waals surface area (Å²) < 4.78 is 32.9. The van der Waals surface area contributed by atoms with Crippen LogP contribution in [0.4, 0.5) is 8.78 Å². The van der Waals surface area contributed by atoms with Crippen LogP contribution in [0.15, 0.2) is 34.8 Å². The molecule has 0 aliphatic rings. The standard InChI is InChI=1S/C14H7BrClF2NO/c15-10-4-11(16)12(17)5-13(10)20-7-9-3-1-2-8(6-19)14(9)18/h1-5H,7H2. The Hall–Kier alpha value is -1.64. The van der Waals surface area contributed by atoms with Gasteiger partial charge in [0.2, 0.25) is 0 Å². The molecule has 2 nitrogen and oxygen atoms in total. The maximum Gasteiger partial charge on any atom is 0.147 e. The van der Waals surface area contributed by atoms with Crippen molar-refractivity contribution in [3.05, 3.63) is 62.6 Å². The highest BCUT2D eigenvalue weighted by Gasteiger charge is 2.11. The quantitative estimate of drug-likeness (QED) is 0.736. The first kappa shape index (κ1) is 14.8. The van der Waals surface area contributed by atoms with Gasteiger partial charge in [0, 0.05) is 11.6 Å². The van der Waals surface area contributed by atoms with Gasteiger partial charge in [-0.1, -0.05) is 23.7 Å². The highest BCUT2D eigenvalue weighted by atomic mass is 79.9. The zero-order valence-corrected chi connectivity index (χ0v) is 12.3. The third-order valence-corrected chi connectivity index (χ3v) is 3.47. The molecule has 0 saturated heterocycles. The van der Waals surface area contributed by atoms with Gasteiger partial charge in [0.1, 0.15) is 30.1 Å². The number of rotatable bonds is 3. The molecule has 0 saturated carbocycles. The second-order valence-corrected chi connectivity index (χ2v) is 5.14. The lowest BCUT2D eigenvalue weighted by Crippen LogP contribution is -2.01. The molecule has 6 heteroatoms. The maximum atomic E-state index is 13.8. The van der Waals surface area contributed by atoms with Crippen LogP contribution in [0, 0.1) is 23.0 Å². The number of benzene rings is 2. The minimum absolute atomic E-state index is 0.0399. The molecule has 0 N–H and O–H groups in total.